The second-order valence-electron chi connectivity index (χ2n) is 7.16. The second kappa shape index (κ2) is 5.07. The van der Waals surface area contributed by atoms with Gasteiger partial charge in [-0.3, -0.25) is 0 Å². The average molecular weight is 274 g/mol. The lowest BCUT2D eigenvalue weighted by molar-refractivity contribution is -0.0695. The van der Waals surface area contributed by atoms with Crippen molar-refractivity contribution in [1.29, 1.82) is 0 Å². The Morgan fingerprint density at radius 2 is 2.00 bits per heavy atom. The van der Waals surface area contributed by atoms with Gasteiger partial charge in [-0.1, -0.05) is 19.4 Å². The number of aliphatic hydroxyl groups is 1. The van der Waals surface area contributed by atoms with Gasteiger partial charge < -0.3 is 10.2 Å². The fraction of sp³-hybridized carbons (Fsp3) is 0.667. The third-order valence-corrected chi connectivity index (χ3v) is 6.02. The summed E-state index contributed by atoms with van der Waals surface area (Å²) >= 11 is 0. The summed E-state index contributed by atoms with van der Waals surface area (Å²) in [4.78, 5) is 0. The first-order valence-electron chi connectivity index (χ1n) is 7.98. The third kappa shape index (κ3) is 2.24. The van der Waals surface area contributed by atoms with Crippen LogP contribution in [0.3, 0.4) is 0 Å². The van der Waals surface area contributed by atoms with Crippen LogP contribution in [0.1, 0.15) is 62.5 Å². The zero-order valence-electron chi connectivity index (χ0n) is 12.6. The molecule has 0 spiro atoms. The van der Waals surface area contributed by atoms with Gasteiger partial charge in [0.25, 0.3) is 0 Å². The number of aliphatic hydroxyl groups excluding tert-OH is 1. The Balaban J connectivity index is 1.82. The van der Waals surface area contributed by atoms with Crippen LogP contribution in [0.15, 0.2) is 18.2 Å². The molecular weight excluding hydrogens is 248 g/mol. The van der Waals surface area contributed by atoms with Gasteiger partial charge in [-0.25, -0.2) is 0 Å². The van der Waals surface area contributed by atoms with Crippen LogP contribution in [0.5, 0.6) is 5.75 Å². The first-order valence-corrected chi connectivity index (χ1v) is 7.98. The molecule has 2 aliphatic rings. The summed E-state index contributed by atoms with van der Waals surface area (Å²) in [6.45, 7) is 4.39. The van der Waals surface area contributed by atoms with Crippen molar-refractivity contribution in [3.63, 3.8) is 0 Å². The fourth-order valence-corrected chi connectivity index (χ4v) is 4.59. The van der Waals surface area contributed by atoms with Gasteiger partial charge in [0.1, 0.15) is 5.75 Å². The molecule has 2 saturated carbocycles. The Bertz CT molecular complexity index is 496. The van der Waals surface area contributed by atoms with Gasteiger partial charge in [0.15, 0.2) is 0 Å². The standard InChI is InChI=1S/C18H26O2/c1-12-10-15(19)6-7-16(12)13-8-9-18(2)14(11-13)4-3-5-17(18)20/h6-7,10,13-14,17,19-20H,3-5,8-9,11H2,1-2H3/t13-,14-,17-,18-/m0/s1. The molecule has 0 amide bonds. The van der Waals surface area contributed by atoms with E-state index in [2.05, 4.69) is 19.9 Å². The van der Waals surface area contributed by atoms with Gasteiger partial charge in [-0.15, -0.1) is 0 Å². The molecule has 2 fully saturated rings. The Morgan fingerprint density at radius 1 is 1.20 bits per heavy atom. The second-order valence-corrected chi connectivity index (χ2v) is 7.16. The molecule has 3 rings (SSSR count). The first-order chi connectivity index (χ1) is 9.50. The zero-order valence-corrected chi connectivity index (χ0v) is 12.6. The van der Waals surface area contributed by atoms with E-state index in [1.807, 2.05) is 12.1 Å². The molecule has 1 aromatic rings. The van der Waals surface area contributed by atoms with Crippen LogP contribution in [-0.2, 0) is 0 Å². The Morgan fingerprint density at radius 3 is 2.75 bits per heavy atom. The van der Waals surface area contributed by atoms with Gasteiger partial charge in [0.05, 0.1) is 6.10 Å². The highest BCUT2D eigenvalue weighted by Crippen LogP contribution is 2.54. The summed E-state index contributed by atoms with van der Waals surface area (Å²) in [6, 6.07) is 5.78. The monoisotopic (exact) mass is 274 g/mol. The molecule has 0 saturated heterocycles. The molecular formula is C18H26O2. The molecule has 0 radical (unpaired) electrons. The minimum absolute atomic E-state index is 0.108. The number of phenols is 1. The highest BCUT2D eigenvalue weighted by atomic mass is 16.3. The van der Waals surface area contributed by atoms with Crippen molar-refractivity contribution < 1.29 is 10.2 Å². The maximum atomic E-state index is 10.4. The molecule has 0 unspecified atom stereocenters. The number of aromatic hydroxyl groups is 1. The van der Waals surface area contributed by atoms with Gasteiger partial charge >= 0.3 is 0 Å². The van der Waals surface area contributed by atoms with E-state index in [0.717, 1.165) is 19.3 Å². The van der Waals surface area contributed by atoms with Crippen LogP contribution in [0, 0.1) is 18.3 Å². The van der Waals surface area contributed by atoms with Crippen molar-refractivity contribution >= 4 is 0 Å². The van der Waals surface area contributed by atoms with Crippen LogP contribution in [-0.4, -0.2) is 16.3 Å². The van der Waals surface area contributed by atoms with Gasteiger partial charge in [-0.05, 0) is 79.5 Å². The largest absolute Gasteiger partial charge is 0.508 e. The molecule has 0 bridgehead atoms. The Labute approximate surface area is 121 Å². The van der Waals surface area contributed by atoms with Crippen molar-refractivity contribution in [2.45, 2.75) is 64.4 Å². The summed E-state index contributed by atoms with van der Waals surface area (Å²) in [7, 11) is 0. The number of rotatable bonds is 1. The molecule has 1 aromatic carbocycles. The minimum Gasteiger partial charge on any atom is -0.508 e. The van der Waals surface area contributed by atoms with Gasteiger partial charge in [0.2, 0.25) is 0 Å². The van der Waals surface area contributed by atoms with E-state index >= 15 is 0 Å². The molecule has 2 heteroatoms. The topological polar surface area (TPSA) is 40.5 Å². The highest BCUT2D eigenvalue weighted by Gasteiger charge is 2.46. The molecule has 110 valence electrons. The molecule has 4 atom stereocenters. The van der Waals surface area contributed by atoms with Crippen LogP contribution in [0.4, 0.5) is 0 Å². The molecule has 2 nitrogen and oxygen atoms in total. The van der Waals surface area contributed by atoms with Crippen molar-refractivity contribution in [3.8, 4) is 5.75 Å². The van der Waals surface area contributed by atoms with E-state index in [4.69, 9.17) is 0 Å². The van der Waals surface area contributed by atoms with Crippen LogP contribution in [0.25, 0.3) is 0 Å². The van der Waals surface area contributed by atoms with E-state index in [1.165, 1.54) is 30.4 Å². The molecule has 0 heterocycles. The molecule has 2 N–H and O–H groups in total. The number of hydrogen-bond donors (Lipinski definition) is 2. The summed E-state index contributed by atoms with van der Waals surface area (Å²) < 4.78 is 0. The summed E-state index contributed by atoms with van der Waals surface area (Å²) in [5.41, 5.74) is 2.74. The number of fused-ring (bicyclic) bond motifs is 1. The lowest BCUT2D eigenvalue weighted by Crippen LogP contribution is -2.45. The van der Waals surface area contributed by atoms with Crippen molar-refractivity contribution in [3.05, 3.63) is 29.3 Å². The Hall–Kier alpha value is -1.02. The molecule has 0 aliphatic heterocycles. The van der Waals surface area contributed by atoms with E-state index in [-0.39, 0.29) is 11.5 Å². The fourth-order valence-electron chi connectivity index (χ4n) is 4.59. The predicted octanol–water partition coefficient (Wildman–Crippen LogP) is 4.14. The van der Waals surface area contributed by atoms with E-state index < -0.39 is 0 Å². The molecule has 20 heavy (non-hydrogen) atoms. The van der Waals surface area contributed by atoms with Gasteiger partial charge in [0, 0.05) is 0 Å². The van der Waals surface area contributed by atoms with Crippen LogP contribution < -0.4 is 0 Å². The van der Waals surface area contributed by atoms with E-state index in [1.54, 1.807) is 0 Å². The first kappa shape index (κ1) is 13.9. The number of hydrogen-bond acceptors (Lipinski definition) is 2. The Kier molecular flexibility index (Phi) is 3.53. The van der Waals surface area contributed by atoms with E-state index in [0.29, 0.717) is 17.6 Å². The van der Waals surface area contributed by atoms with Crippen molar-refractivity contribution in [2.24, 2.45) is 11.3 Å². The maximum absolute atomic E-state index is 10.4. The molecule has 2 aliphatic carbocycles. The highest BCUT2D eigenvalue weighted by molar-refractivity contribution is 5.36. The smallest absolute Gasteiger partial charge is 0.115 e. The zero-order chi connectivity index (χ0) is 14.3. The van der Waals surface area contributed by atoms with E-state index in [9.17, 15) is 10.2 Å². The lowest BCUT2D eigenvalue weighted by Gasteiger charge is -2.50. The lowest BCUT2D eigenvalue weighted by atomic mass is 9.56. The molecule has 0 aromatic heterocycles. The quantitative estimate of drug-likeness (QED) is 0.808. The normalized spacial score (nSPS) is 37.5. The number of phenolic OH excluding ortho intramolecular Hbond substituents is 1. The third-order valence-electron chi connectivity index (χ3n) is 6.02. The average Bonchev–Trinajstić information content (AvgIpc) is 2.40. The number of aryl methyl sites for hydroxylation is 1. The SMILES string of the molecule is Cc1cc(O)ccc1[C@H]1CC[C@@]2(C)[C@@H](CCC[C@@H]2O)C1. The van der Waals surface area contributed by atoms with Gasteiger partial charge in [-0.2, -0.15) is 0 Å². The maximum Gasteiger partial charge on any atom is 0.115 e. The van der Waals surface area contributed by atoms with Crippen molar-refractivity contribution in [1.82, 2.24) is 0 Å². The summed E-state index contributed by atoms with van der Waals surface area (Å²) in [6.07, 6.45) is 6.79. The predicted molar refractivity (Wildman–Crippen MR) is 80.9 cm³/mol. The van der Waals surface area contributed by atoms with Crippen LogP contribution in [0.2, 0.25) is 0 Å². The number of benzene rings is 1. The van der Waals surface area contributed by atoms with Crippen LogP contribution >= 0.6 is 0 Å². The summed E-state index contributed by atoms with van der Waals surface area (Å²) in [5.74, 6) is 1.61. The minimum atomic E-state index is -0.108. The summed E-state index contributed by atoms with van der Waals surface area (Å²) in [5, 5.41) is 19.9. The van der Waals surface area contributed by atoms with Crippen molar-refractivity contribution in [2.75, 3.05) is 0 Å².